The zero-order valence-electron chi connectivity index (χ0n) is 15.0. The van der Waals surface area contributed by atoms with E-state index in [1.54, 1.807) is 11.8 Å². The Morgan fingerprint density at radius 2 is 1.86 bits per heavy atom. The van der Waals surface area contributed by atoms with Gasteiger partial charge >= 0.3 is 5.97 Å². The molecule has 0 aromatic heterocycles. The fraction of sp³-hybridized carbons (Fsp3) is 0.588. The third-order valence-electron chi connectivity index (χ3n) is 4.23. The van der Waals surface area contributed by atoms with Crippen molar-refractivity contribution in [3.05, 3.63) is 23.3 Å². The normalized spacial score (nSPS) is 12.2. The van der Waals surface area contributed by atoms with E-state index in [0.29, 0.717) is 17.9 Å². The first-order chi connectivity index (χ1) is 10.0. The van der Waals surface area contributed by atoms with Gasteiger partial charge in [0.1, 0.15) is 11.3 Å². The Hall–Kier alpha value is -0.943. The van der Waals surface area contributed by atoms with Crippen LogP contribution in [-0.4, -0.2) is 27.1 Å². The van der Waals surface area contributed by atoms with E-state index < -0.39 is 8.32 Å². The lowest BCUT2D eigenvalue weighted by Crippen LogP contribution is -2.44. The summed E-state index contributed by atoms with van der Waals surface area (Å²) in [4.78, 5) is 13.4. The molecule has 5 heteroatoms. The van der Waals surface area contributed by atoms with Crippen LogP contribution in [0.15, 0.2) is 17.0 Å². The Morgan fingerprint density at radius 1 is 1.27 bits per heavy atom. The number of rotatable bonds is 5. The Balaban J connectivity index is 3.39. The molecule has 0 fully saturated rings. The molecule has 0 unspecified atom stereocenters. The van der Waals surface area contributed by atoms with Crippen LogP contribution >= 0.6 is 11.8 Å². The minimum Gasteiger partial charge on any atom is -0.543 e. The van der Waals surface area contributed by atoms with Gasteiger partial charge in [0.25, 0.3) is 8.32 Å². The predicted molar refractivity (Wildman–Crippen MR) is 96.7 cm³/mol. The summed E-state index contributed by atoms with van der Waals surface area (Å²) >= 11 is 1.66. The van der Waals surface area contributed by atoms with Crippen molar-refractivity contribution < 1.29 is 14.0 Å². The van der Waals surface area contributed by atoms with Gasteiger partial charge in [-0.1, -0.05) is 20.8 Å². The fourth-order valence-corrected chi connectivity index (χ4v) is 3.49. The lowest BCUT2D eigenvalue weighted by Gasteiger charge is -2.37. The maximum absolute atomic E-state index is 12.3. The summed E-state index contributed by atoms with van der Waals surface area (Å²) in [5.41, 5.74) is 1.55. The van der Waals surface area contributed by atoms with Crippen molar-refractivity contribution in [2.24, 2.45) is 0 Å². The smallest absolute Gasteiger partial charge is 0.341 e. The molecule has 0 spiro atoms. The molecule has 22 heavy (non-hydrogen) atoms. The molecule has 0 bridgehead atoms. The molecule has 3 nitrogen and oxygen atoms in total. The number of carbonyl (C=O) groups is 1. The van der Waals surface area contributed by atoms with Gasteiger partial charge in [-0.05, 0) is 50.4 Å². The first-order valence-corrected chi connectivity index (χ1v) is 11.7. The molecular formula is C17H28O3SSi. The number of hydrogen-bond acceptors (Lipinski definition) is 4. The molecule has 0 saturated carbocycles. The average Bonchev–Trinajstić information content (AvgIpc) is 2.39. The predicted octanol–water partition coefficient (Wildman–Crippen LogP) is 5.28. The van der Waals surface area contributed by atoms with Crippen molar-refractivity contribution in [1.82, 2.24) is 0 Å². The van der Waals surface area contributed by atoms with E-state index in [-0.39, 0.29) is 11.0 Å². The fourth-order valence-electron chi connectivity index (χ4n) is 1.80. The van der Waals surface area contributed by atoms with Crippen LogP contribution in [0.25, 0.3) is 0 Å². The van der Waals surface area contributed by atoms with E-state index in [1.165, 1.54) is 0 Å². The Bertz CT molecular complexity index is 548. The molecule has 0 radical (unpaired) electrons. The molecule has 1 rings (SSSR count). The number of carbonyl (C=O) groups excluding carboxylic acids is 1. The maximum atomic E-state index is 12.3. The third-order valence-corrected chi connectivity index (χ3v) is 9.44. The second kappa shape index (κ2) is 7.09. The number of benzene rings is 1. The summed E-state index contributed by atoms with van der Waals surface area (Å²) < 4.78 is 11.6. The average molecular weight is 341 g/mol. The Labute approximate surface area is 139 Å². The molecule has 0 aliphatic heterocycles. The Morgan fingerprint density at radius 3 is 2.32 bits per heavy atom. The lowest BCUT2D eigenvalue weighted by atomic mass is 10.1. The number of ether oxygens (including phenoxy) is 1. The van der Waals surface area contributed by atoms with Crippen LogP contribution in [0.5, 0.6) is 5.75 Å². The summed E-state index contributed by atoms with van der Waals surface area (Å²) in [7, 11) is -2.03. The van der Waals surface area contributed by atoms with Gasteiger partial charge in [-0.25, -0.2) is 4.79 Å². The van der Waals surface area contributed by atoms with Crippen molar-refractivity contribution in [3.8, 4) is 5.75 Å². The van der Waals surface area contributed by atoms with Crippen molar-refractivity contribution in [2.45, 2.75) is 57.6 Å². The first-order valence-electron chi connectivity index (χ1n) is 7.59. The van der Waals surface area contributed by atoms with Crippen LogP contribution in [0.1, 0.15) is 43.6 Å². The summed E-state index contributed by atoms with van der Waals surface area (Å²) in [5, 5.41) is 0.0702. The van der Waals surface area contributed by atoms with Gasteiger partial charge in [-0.2, -0.15) is 0 Å². The highest BCUT2D eigenvalue weighted by Crippen LogP contribution is 2.41. The van der Waals surface area contributed by atoms with Crippen molar-refractivity contribution >= 4 is 26.0 Å². The molecule has 0 aliphatic rings. The molecule has 124 valence electrons. The largest absolute Gasteiger partial charge is 0.543 e. The number of esters is 1. The highest BCUT2D eigenvalue weighted by atomic mass is 32.2. The van der Waals surface area contributed by atoms with Crippen LogP contribution in [0, 0.1) is 6.92 Å². The minimum atomic E-state index is -2.03. The summed E-state index contributed by atoms with van der Waals surface area (Å²) in [6, 6.07) is 3.78. The third kappa shape index (κ3) is 4.07. The van der Waals surface area contributed by atoms with Gasteiger partial charge < -0.3 is 9.16 Å². The number of hydrogen-bond donors (Lipinski definition) is 0. The van der Waals surface area contributed by atoms with E-state index in [4.69, 9.17) is 9.16 Å². The van der Waals surface area contributed by atoms with E-state index in [0.717, 1.165) is 10.5 Å². The monoisotopic (exact) mass is 340 g/mol. The molecule has 0 saturated heterocycles. The Kier molecular flexibility index (Phi) is 6.16. The van der Waals surface area contributed by atoms with E-state index >= 15 is 0 Å². The van der Waals surface area contributed by atoms with Gasteiger partial charge in [0.15, 0.2) is 0 Å². The first kappa shape index (κ1) is 19.1. The van der Waals surface area contributed by atoms with Gasteiger partial charge in [0.05, 0.1) is 6.61 Å². The van der Waals surface area contributed by atoms with Crippen LogP contribution in [-0.2, 0) is 4.74 Å². The van der Waals surface area contributed by atoms with E-state index in [2.05, 4.69) is 33.9 Å². The standard InChI is InChI=1S/C17H28O3SSi/c1-9-19-16(18)13-10-11-14(21-6)12(2)15(13)20-22(7,8)17(3,4)5/h10-11H,9H2,1-8H3. The molecule has 1 aromatic carbocycles. The molecule has 0 N–H and O–H groups in total. The molecule has 0 atom stereocenters. The molecule has 0 amide bonds. The summed E-state index contributed by atoms with van der Waals surface area (Å²) in [5.74, 6) is 0.379. The van der Waals surface area contributed by atoms with Gasteiger partial charge in [0, 0.05) is 10.5 Å². The topological polar surface area (TPSA) is 35.5 Å². The molecular weight excluding hydrogens is 312 g/mol. The van der Waals surface area contributed by atoms with Crippen LogP contribution in [0.4, 0.5) is 0 Å². The van der Waals surface area contributed by atoms with Crippen LogP contribution < -0.4 is 4.43 Å². The van der Waals surface area contributed by atoms with Crippen molar-refractivity contribution in [2.75, 3.05) is 12.9 Å². The lowest BCUT2D eigenvalue weighted by molar-refractivity contribution is 0.0523. The molecule has 1 aromatic rings. The molecule has 0 heterocycles. The minimum absolute atomic E-state index is 0.0702. The highest BCUT2D eigenvalue weighted by Gasteiger charge is 2.40. The van der Waals surface area contributed by atoms with Crippen molar-refractivity contribution in [1.29, 1.82) is 0 Å². The zero-order chi connectivity index (χ0) is 17.1. The number of thioether (sulfide) groups is 1. The maximum Gasteiger partial charge on any atom is 0.341 e. The van der Waals surface area contributed by atoms with Crippen LogP contribution in [0.3, 0.4) is 0 Å². The second-order valence-electron chi connectivity index (χ2n) is 6.85. The van der Waals surface area contributed by atoms with Crippen molar-refractivity contribution in [3.63, 3.8) is 0 Å². The van der Waals surface area contributed by atoms with E-state index in [1.807, 2.05) is 32.2 Å². The second-order valence-corrected chi connectivity index (χ2v) is 12.4. The van der Waals surface area contributed by atoms with Gasteiger partial charge in [-0.15, -0.1) is 11.8 Å². The quantitative estimate of drug-likeness (QED) is 0.415. The van der Waals surface area contributed by atoms with Gasteiger partial charge in [-0.3, -0.25) is 0 Å². The SMILES string of the molecule is CCOC(=O)c1ccc(SC)c(C)c1O[Si](C)(C)C(C)(C)C. The zero-order valence-corrected chi connectivity index (χ0v) is 16.8. The molecule has 0 aliphatic carbocycles. The van der Waals surface area contributed by atoms with Gasteiger partial charge in [0.2, 0.25) is 0 Å². The highest BCUT2D eigenvalue weighted by molar-refractivity contribution is 7.98. The summed E-state index contributed by atoms with van der Waals surface area (Å²) in [6.07, 6.45) is 2.03. The summed E-state index contributed by atoms with van der Waals surface area (Å²) in [6.45, 7) is 15.1. The van der Waals surface area contributed by atoms with Crippen LogP contribution in [0.2, 0.25) is 18.1 Å². The van der Waals surface area contributed by atoms with E-state index in [9.17, 15) is 4.79 Å².